The van der Waals surface area contributed by atoms with Gasteiger partial charge in [-0.2, -0.15) is 0 Å². The van der Waals surface area contributed by atoms with Crippen LogP contribution in [0.3, 0.4) is 0 Å². The number of rotatable bonds is 7. The summed E-state index contributed by atoms with van der Waals surface area (Å²) in [7, 11) is 2.10. The quantitative estimate of drug-likeness (QED) is 0.444. The van der Waals surface area contributed by atoms with E-state index in [1.165, 1.54) is 5.56 Å². The van der Waals surface area contributed by atoms with Crippen molar-refractivity contribution in [2.24, 2.45) is 5.73 Å². The summed E-state index contributed by atoms with van der Waals surface area (Å²) in [6.07, 6.45) is -4.53. The molecule has 0 aliphatic heterocycles. The largest absolute Gasteiger partial charge is 0.479 e. The number of benzene rings is 1. The Morgan fingerprint density at radius 1 is 1.09 bits per heavy atom. The van der Waals surface area contributed by atoms with Gasteiger partial charge in [0, 0.05) is 19.1 Å². The van der Waals surface area contributed by atoms with Gasteiger partial charge in [-0.3, -0.25) is 4.90 Å². The van der Waals surface area contributed by atoms with E-state index in [2.05, 4.69) is 43.1 Å². The minimum absolute atomic E-state index is 0.445. The highest BCUT2D eigenvalue weighted by Crippen LogP contribution is 2.04. The molecule has 0 saturated heterocycles. The second-order valence-corrected chi connectivity index (χ2v) is 5.05. The van der Waals surface area contributed by atoms with Gasteiger partial charge in [0.05, 0.1) is 0 Å². The van der Waals surface area contributed by atoms with Gasteiger partial charge in [-0.1, -0.05) is 30.3 Å². The van der Waals surface area contributed by atoms with Crippen LogP contribution in [0, 0.1) is 0 Å². The summed E-state index contributed by atoms with van der Waals surface area (Å²) in [6.45, 7) is 3.82. The highest BCUT2D eigenvalue weighted by atomic mass is 16.4. The van der Waals surface area contributed by atoms with Crippen LogP contribution in [0.4, 0.5) is 0 Å². The van der Waals surface area contributed by atoms with E-state index >= 15 is 0 Å². The van der Waals surface area contributed by atoms with Crippen LogP contribution in [0.2, 0.25) is 0 Å². The maximum Gasteiger partial charge on any atom is 0.335 e. The van der Waals surface area contributed by atoms with Gasteiger partial charge in [0.25, 0.3) is 0 Å². The first-order valence-electron chi connectivity index (χ1n) is 6.96. The Morgan fingerprint density at radius 2 is 1.52 bits per heavy atom. The third-order valence-corrected chi connectivity index (χ3v) is 3.17. The van der Waals surface area contributed by atoms with Gasteiger partial charge < -0.3 is 26.2 Å². The summed E-state index contributed by atoms with van der Waals surface area (Å²) >= 11 is 0. The molecule has 0 aliphatic carbocycles. The fraction of sp³-hybridized carbons (Fsp3) is 0.467. The highest BCUT2D eigenvalue weighted by Gasteiger charge is 2.29. The molecule has 130 valence electrons. The minimum Gasteiger partial charge on any atom is -0.479 e. The third kappa shape index (κ3) is 8.27. The molecule has 0 radical (unpaired) electrons. The lowest BCUT2D eigenvalue weighted by molar-refractivity contribution is -0.165. The zero-order valence-corrected chi connectivity index (χ0v) is 13.2. The lowest BCUT2D eigenvalue weighted by Gasteiger charge is -2.23. The predicted molar refractivity (Wildman–Crippen MR) is 83.7 cm³/mol. The summed E-state index contributed by atoms with van der Waals surface area (Å²) in [5.41, 5.74) is 6.92. The molecule has 3 atom stereocenters. The molecule has 8 nitrogen and oxygen atoms in total. The zero-order chi connectivity index (χ0) is 18.0. The van der Waals surface area contributed by atoms with E-state index in [4.69, 9.17) is 26.2 Å². The van der Waals surface area contributed by atoms with E-state index in [9.17, 15) is 9.59 Å². The van der Waals surface area contributed by atoms with Crippen molar-refractivity contribution < 1.29 is 30.0 Å². The number of aliphatic hydroxyl groups excluding tert-OH is 2. The average molecular weight is 328 g/mol. The zero-order valence-electron chi connectivity index (χ0n) is 13.2. The predicted octanol–water partition coefficient (Wildman–Crippen LogP) is -0.657. The Balaban J connectivity index is 0.000000438. The van der Waals surface area contributed by atoms with Crippen molar-refractivity contribution in [3.8, 4) is 0 Å². The van der Waals surface area contributed by atoms with Crippen LogP contribution < -0.4 is 5.73 Å². The van der Waals surface area contributed by atoms with Gasteiger partial charge in [0.15, 0.2) is 12.2 Å². The van der Waals surface area contributed by atoms with E-state index in [1.54, 1.807) is 0 Å². The van der Waals surface area contributed by atoms with Crippen molar-refractivity contribution in [2.45, 2.75) is 31.7 Å². The van der Waals surface area contributed by atoms with Crippen molar-refractivity contribution in [1.29, 1.82) is 0 Å². The number of carboxylic acids is 2. The molecule has 8 heteroatoms. The first-order chi connectivity index (χ1) is 10.7. The van der Waals surface area contributed by atoms with E-state index in [0.29, 0.717) is 12.6 Å². The summed E-state index contributed by atoms with van der Waals surface area (Å²) in [4.78, 5) is 21.8. The Labute approximate surface area is 134 Å². The number of hydrogen-bond acceptors (Lipinski definition) is 6. The van der Waals surface area contributed by atoms with Crippen LogP contribution >= 0.6 is 0 Å². The SMILES string of the molecule is C[C@@H](CN)N(C)Cc1ccccc1.O=C(O)C(O)C(O)C(=O)O. The molecule has 6 N–H and O–H groups in total. The van der Waals surface area contributed by atoms with Crippen LogP contribution in [-0.2, 0) is 16.1 Å². The number of likely N-dealkylation sites (N-methyl/N-ethyl adjacent to an activating group) is 1. The monoisotopic (exact) mass is 328 g/mol. The van der Waals surface area contributed by atoms with Gasteiger partial charge in [-0.25, -0.2) is 9.59 Å². The molecular weight excluding hydrogens is 304 g/mol. The van der Waals surface area contributed by atoms with E-state index in [-0.39, 0.29) is 0 Å². The molecule has 1 aromatic carbocycles. The van der Waals surface area contributed by atoms with Gasteiger partial charge in [0.1, 0.15) is 0 Å². The van der Waals surface area contributed by atoms with Crippen LogP contribution in [0.15, 0.2) is 30.3 Å². The topological polar surface area (TPSA) is 144 Å². The first-order valence-corrected chi connectivity index (χ1v) is 6.96. The van der Waals surface area contributed by atoms with Crippen LogP contribution in [-0.4, -0.2) is 69.1 Å². The molecule has 0 heterocycles. The van der Waals surface area contributed by atoms with Gasteiger partial charge in [-0.05, 0) is 19.5 Å². The standard InChI is InChI=1S/C11H18N2.C4H6O6/c1-10(8-12)13(2)9-11-6-4-3-5-7-11;5-1(3(7)8)2(6)4(9)10/h3-7,10H,8-9,12H2,1-2H3;1-2,5-6H,(H,7,8)(H,9,10)/t10-;/m0./s1. The van der Waals surface area contributed by atoms with Crippen molar-refractivity contribution in [3.05, 3.63) is 35.9 Å². The van der Waals surface area contributed by atoms with E-state index in [1.807, 2.05) is 6.07 Å². The lowest BCUT2D eigenvalue weighted by atomic mass is 10.2. The van der Waals surface area contributed by atoms with Gasteiger partial charge >= 0.3 is 11.9 Å². The number of nitrogens with zero attached hydrogens (tertiary/aromatic N) is 1. The molecule has 2 unspecified atom stereocenters. The van der Waals surface area contributed by atoms with Crippen molar-refractivity contribution in [1.82, 2.24) is 4.90 Å². The van der Waals surface area contributed by atoms with Crippen LogP contribution in [0.25, 0.3) is 0 Å². The molecule has 0 saturated carbocycles. The molecule has 23 heavy (non-hydrogen) atoms. The molecule has 0 spiro atoms. The van der Waals surface area contributed by atoms with E-state index in [0.717, 1.165) is 6.54 Å². The highest BCUT2D eigenvalue weighted by molar-refractivity contribution is 5.83. The molecule has 1 rings (SSSR count). The summed E-state index contributed by atoms with van der Waals surface area (Å²) in [5, 5.41) is 32.5. The number of carboxylic acid groups (broad SMARTS) is 2. The molecular formula is C15H24N2O6. The van der Waals surface area contributed by atoms with Crippen LogP contribution in [0.1, 0.15) is 12.5 Å². The number of carbonyl (C=O) groups is 2. The Morgan fingerprint density at radius 3 is 1.87 bits per heavy atom. The van der Waals surface area contributed by atoms with Crippen molar-refractivity contribution in [3.63, 3.8) is 0 Å². The van der Waals surface area contributed by atoms with Crippen LogP contribution in [0.5, 0.6) is 0 Å². The molecule has 0 bridgehead atoms. The fourth-order valence-corrected chi connectivity index (χ4v) is 1.48. The fourth-order valence-electron chi connectivity index (χ4n) is 1.48. The summed E-state index contributed by atoms with van der Waals surface area (Å²) < 4.78 is 0. The summed E-state index contributed by atoms with van der Waals surface area (Å²) in [5.74, 6) is -3.54. The maximum atomic E-state index is 9.77. The van der Waals surface area contributed by atoms with Gasteiger partial charge in [-0.15, -0.1) is 0 Å². The van der Waals surface area contributed by atoms with Crippen molar-refractivity contribution in [2.75, 3.05) is 13.6 Å². The van der Waals surface area contributed by atoms with Crippen molar-refractivity contribution >= 4 is 11.9 Å². The molecule has 1 aromatic rings. The lowest BCUT2D eigenvalue weighted by Crippen LogP contribution is -2.39. The normalized spacial score (nSPS) is 14.3. The minimum atomic E-state index is -2.27. The molecule has 0 aromatic heterocycles. The summed E-state index contributed by atoms with van der Waals surface area (Å²) in [6, 6.07) is 10.9. The maximum absolute atomic E-state index is 9.77. The Kier molecular flexibility index (Phi) is 9.75. The van der Waals surface area contributed by atoms with E-state index < -0.39 is 24.1 Å². The third-order valence-electron chi connectivity index (χ3n) is 3.17. The average Bonchev–Trinajstić information content (AvgIpc) is 2.53. The number of aliphatic carboxylic acids is 2. The smallest absolute Gasteiger partial charge is 0.335 e. The Hall–Kier alpha value is -2.00. The second kappa shape index (κ2) is 10.7. The first kappa shape index (κ1) is 21.0. The number of hydrogen-bond donors (Lipinski definition) is 5. The molecule has 0 aliphatic rings. The molecule has 0 fully saturated rings. The second-order valence-electron chi connectivity index (χ2n) is 5.05. The molecule has 0 amide bonds. The Bertz CT molecular complexity index is 464. The van der Waals surface area contributed by atoms with Gasteiger partial charge in [0.2, 0.25) is 0 Å². The number of nitrogens with two attached hydrogens (primary N) is 1. The number of aliphatic hydroxyl groups is 2.